The van der Waals surface area contributed by atoms with Gasteiger partial charge < -0.3 is 16.0 Å². The molecule has 0 saturated carbocycles. The summed E-state index contributed by atoms with van der Waals surface area (Å²) in [5, 5.41) is 3.35. The quantitative estimate of drug-likeness (QED) is 0.860. The molecule has 1 unspecified atom stereocenters. The molecule has 2 aromatic carbocycles. The predicted molar refractivity (Wildman–Crippen MR) is 98.5 cm³/mol. The summed E-state index contributed by atoms with van der Waals surface area (Å²) in [6.07, 6.45) is 0.987. The molecule has 0 spiro atoms. The zero-order chi connectivity index (χ0) is 17.8. The summed E-state index contributed by atoms with van der Waals surface area (Å²) in [6.45, 7) is 0.540. The van der Waals surface area contributed by atoms with Crippen LogP contribution >= 0.6 is 11.6 Å². The fourth-order valence-electron chi connectivity index (χ4n) is 2.95. The number of amides is 2. The maximum atomic E-state index is 12.6. The average molecular weight is 358 g/mol. The topological polar surface area (TPSA) is 75.4 Å². The number of nitrogens with zero attached hydrogens (tertiary/aromatic N) is 1. The first-order valence-corrected chi connectivity index (χ1v) is 8.59. The molecule has 2 atom stereocenters. The van der Waals surface area contributed by atoms with Crippen LogP contribution in [0.5, 0.6) is 0 Å². The van der Waals surface area contributed by atoms with Gasteiger partial charge in [0.2, 0.25) is 11.8 Å². The molecule has 0 aliphatic carbocycles. The number of carbonyl (C=O) groups is 2. The Morgan fingerprint density at radius 2 is 2.00 bits per heavy atom. The summed E-state index contributed by atoms with van der Waals surface area (Å²) < 4.78 is 0. The minimum atomic E-state index is -0.685. The first kappa shape index (κ1) is 17.5. The molecule has 2 amide bonds. The third-order valence-electron chi connectivity index (χ3n) is 4.28. The molecule has 6 heteroatoms. The lowest BCUT2D eigenvalue weighted by Crippen LogP contribution is -2.49. The Labute approximate surface area is 151 Å². The van der Waals surface area contributed by atoms with Gasteiger partial charge in [-0.1, -0.05) is 48.0 Å². The van der Waals surface area contributed by atoms with Crippen molar-refractivity contribution in [3.05, 3.63) is 65.2 Å². The average Bonchev–Trinajstić information content (AvgIpc) is 2.96. The van der Waals surface area contributed by atoms with Crippen molar-refractivity contribution in [2.45, 2.75) is 24.9 Å². The van der Waals surface area contributed by atoms with E-state index in [0.717, 1.165) is 11.3 Å². The number of anilines is 1. The van der Waals surface area contributed by atoms with Crippen molar-refractivity contribution in [3.8, 4) is 0 Å². The van der Waals surface area contributed by atoms with Crippen molar-refractivity contribution in [1.82, 2.24) is 5.32 Å². The van der Waals surface area contributed by atoms with Crippen LogP contribution in [0.15, 0.2) is 54.6 Å². The van der Waals surface area contributed by atoms with Crippen LogP contribution in [0.3, 0.4) is 0 Å². The van der Waals surface area contributed by atoms with Gasteiger partial charge in [0, 0.05) is 17.3 Å². The van der Waals surface area contributed by atoms with Gasteiger partial charge in [-0.15, -0.1) is 0 Å². The molecule has 0 radical (unpaired) electrons. The van der Waals surface area contributed by atoms with Crippen molar-refractivity contribution < 1.29 is 9.59 Å². The summed E-state index contributed by atoms with van der Waals surface area (Å²) in [7, 11) is 0. The fraction of sp³-hybridized carbons (Fsp3) is 0.263. The highest BCUT2D eigenvalue weighted by Crippen LogP contribution is 2.24. The van der Waals surface area contributed by atoms with Crippen molar-refractivity contribution in [2.24, 2.45) is 5.73 Å². The first-order chi connectivity index (χ1) is 12.0. The minimum absolute atomic E-state index is 0.137. The Morgan fingerprint density at radius 3 is 2.72 bits per heavy atom. The van der Waals surface area contributed by atoms with Gasteiger partial charge in [0.15, 0.2) is 0 Å². The van der Waals surface area contributed by atoms with Gasteiger partial charge >= 0.3 is 0 Å². The van der Waals surface area contributed by atoms with E-state index in [9.17, 15) is 9.59 Å². The van der Waals surface area contributed by atoms with E-state index in [2.05, 4.69) is 5.32 Å². The highest BCUT2D eigenvalue weighted by atomic mass is 35.5. The van der Waals surface area contributed by atoms with Crippen molar-refractivity contribution in [3.63, 3.8) is 0 Å². The third-order valence-corrected chi connectivity index (χ3v) is 4.51. The normalized spacial score (nSPS) is 18.2. The number of hydrogen-bond donors (Lipinski definition) is 2. The second-order valence-electron chi connectivity index (χ2n) is 6.12. The number of hydrogen-bond acceptors (Lipinski definition) is 3. The summed E-state index contributed by atoms with van der Waals surface area (Å²) in [6, 6.07) is 15.5. The van der Waals surface area contributed by atoms with E-state index in [1.165, 1.54) is 0 Å². The maximum Gasteiger partial charge on any atom is 0.249 e. The van der Waals surface area contributed by atoms with Crippen LogP contribution < -0.4 is 16.0 Å². The van der Waals surface area contributed by atoms with E-state index >= 15 is 0 Å². The van der Waals surface area contributed by atoms with Gasteiger partial charge in [0.05, 0.1) is 6.04 Å². The lowest BCUT2D eigenvalue weighted by Gasteiger charge is -2.19. The number of halogens is 1. The lowest BCUT2D eigenvalue weighted by atomic mass is 10.1. The van der Waals surface area contributed by atoms with Crippen LogP contribution in [0.4, 0.5) is 5.69 Å². The summed E-state index contributed by atoms with van der Waals surface area (Å²) in [4.78, 5) is 26.5. The molecule has 25 heavy (non-hydrogen) atoms. The summed E-state index contributed by atoms with van der Waals surface area (Å²) >= 11 is 5.99. The van der Waals surface area contributed by atoms with Crippen molar-refractivity contribution in [1.29, 1.82) is 0 Å². The molecule has 1 heterocycles. The zero-order valence-corrected chi connectivity index (χ0v) is 14.4. The Balaban J connectivity index is 1.60. The molecular weight excluding hydrogens is 338 g/mol. The van der Waals surface area contributed by atoms with Crippen LogP contribution in [-0.2, 0) is 16.0 Å². The lowest BCUT2D eigenvalue weighted by molar-refractivity contribution is -0.127. The van der Waals surface area contributed by atoms with Crippen LogP contribution in [0.1, 0.15) is 12.0 Å². The molecule has 1 saturated heterocycles. The molecular formula is C19H20ClN3O2. The Bertz CT molecular complexity index is 766. The smallest absolute Gasteiger partial charge is 0.249 e. The SMILES string of the molecule is N[C@@H](Cc1ccccc1)C(=O)NC1CCN(c2cccc(Cl)c2)C1=O. The highest BCUT2D eigenvalue weighted by molar-refractivity contribution is 6.31. The second kappa shape index (κ2) is 7.68. The minimum Gasteiger partial charge on any atom is -0.343 e. The van der Waals surface area contributed by atoms with Gasteiger partial charge in [-0.05, 0) is 36.6 Å². The fourth-order valence-corrected chi connectivity index (χ4v) is 3.14. The molecule has 2 aromatic rings. The molecule has 1 fully saturated rings. The number of benzene rings is 2. The third kappa shape index (κ3) is 4.18. The highest BCUT2D eigenvalue weighted by Gasteiger charge is 2.34. The number of rotatable bonds is 5. The molecule has 130 valence electrons. The summed E-state index contributed by atoms with van der Waals surface area (Å²) in [5.74, 6) is -0.447. The van der Waals surface area contributed by atoms with E-state index in [1.54, 1.807) is 23.1 Å². The van der Waals surface area contributed by atoms with Gasteiger partial charge in [-0.3, -0.25) is 9.59 Å². The summed E-state index contributed by atoms with van der Waals surface area (Å²) in [5.41, 5.74) is 7.71. The van der Waals surface area contributed by atoms with Crippen LogP contribution in [0.25, 0.3) is 0 Å². The van der Waals surface area contributed by atoms with Gasteiger partial charge in [0.1, 0.15) is 6.04 Å². The number of carbonyl (C=O) groups excluding carboxylic acids is 2. The monoisotopic (exact) mass is 357 g/mol. The Morgan fingerprint density at radius 1 is 1.24 bits per heavy atom. The molecule has 1 aliphatic rings. The van der Waals surface area contributed by atoms with Gasteiger partial charge in [-0.25, -0.2) is 0 Å². The maximum absolute atomic E-state index is 12.6. The van der Waals surface area contributed by atoms with E-state index < -0.39 is 12.1 Å². The molecule has 3 rings (SSSR count). The molecule has 0 aromatic heterocycles. The standard InChI is InChI=1S/C19H20ClN3O2/c20-14-7-4-8-15(12-14)23-10-9-17(19(23)25)22-18(24)16(21)11-13-5-2-1-3-6-13/h1-8,12,16-17H,9-11,21H2,(H,22,24)/t16-,17?/m0/s1. The first-order valence-electron chi connectivity index (χ1n) is 8.21. The van der Waals surface area contributed by atoms with Gasteiger partial charge in [-0.2, -0.15) is 0 Å². The molecule has 5 nitrogen and oxygen atoms in total. The van der Waals surface area contributed by atoms with E-state index in [0.29, 0.717) is 24.4 Å². The van der Waals surface area contributed by atoms with E-state index in [4.69, 9.17) is 17.3 Å². The largest absolute Gasteiger partial charge is 0.343 e. The zero-order valence-electron chi connectivity index (χ0n) is 13.7. The van der Waals surface area contributed by atoms with Gasteiger partial charge in [0.25, 0.3) is 0 Å². The predicted octanol–water partition coefficient (Wildman–Crippen LogP) is 2.13. The van der Waals surface area contributed by atoms with E-state index in [-0.39, 0.29) is 11.8 Å². The number of nitrogens with two attached hydrogens (primary N) is 1. The molecule has 1 aliphatic heterocycles. The van der Waals surface area contributed by atoms with Crippen LogP contribution in [0, 0.1) is 0 Å². The van der Waals surface area contributed by atoms with Crippen LogP contribution in [0.2, 0.25) is 5.02 Å². The van der Waals surface area contributed by atoms with Crippen molar-refractivity contribution >= 4 is 29.1 Å². The molecule has 3 N–H and O–H groups in total. The Kier molecular flexibility index (Phi) is 5.36. The Hall–Kier alpha value is -2.37. The van der Waals surface area contributed by atoms with E-state index in [1.807, 2.05) is 36.4 Å². The van der Waals surface area contributed by atoms with Crippen LogP contribution in [-0.4, -0.2) is 30.4 Å². The van der Waals surface area contributed by atoms with Crippen molar-refractivity contribution in [2.75, 3.05) is 11.4 Å². The number of nitrogens with one attached hydrogen (secondary N) is 1. The second-order valence-corrected chi connectivity index (χ2v) is 6.55. The molecule has 0 bridgehead atoms.